The molecule has 0 radical (unpaired) electrons. The summed E-state index contributed by atoms with van der Waals surface area (Å²) in [5.74, 6) is 1.72. The van der Waals surface area contributed by atoms with E-state index in [1.807, 2.05) is 43.4 Å². The Morgan fingerprint density at radius 2 is 2.04 bits per heavy atom. The number of hydrogen-bond donors (Lipinski definition) is 2. The fourth-order valence-electron chi connectivity index (χ4n) is 2.06. The third-order valence-electron chi connectivity index (χ3n) is 3.35. The Kier molecular flexibility index (Phi) is 9.73. The fourth-order valence-corrected chi connectivity index (χ4v) is 2.86. The molecule has 138 valence electrons. The third kappa shape index (κ3) is 7.15. The Hall–Kier alpha value is -1.42. The minimum atomic E-state index is 0. The van der Waals surface area contributed by atoms with Crippen LogP contribution in [0.2, 0.25) is 0 Å². The predicted molar refractivity (Wildman–Crippen MR) is 117 cm³/mol. The number of aromatic nitrogens is 2. The summed E-state index contributed by atoms with van der Waals surface area (Å²) in [4.78, 5) is 16.9. The first-order valence-electron chi connectivity index (χ1n) is 8.21. The second kappa shape index (κ2) is 11.2. The highest BCUT2D eigenvalue weighted by atomic mass is 127. The highest BCUT2D eigenvalue weighted by molar-refractivity contribution is 14.0. The molecule has 2 aromatic heterocycles. The Labute approximate surface area is 171 Å². The summed E-state index contributed by atoms with van der Waals surface area (Å²) in [5.41, 5.74) is 0.945. The summed E-state index contributed by atoms with van der Waals surface area (Å²) in [6, 6.07) is 5.99. The average Bonchev–Trinajstić information content (AvgIpc) is 3.05. The summed E-state index contributed by atoms with van der Waals surface area (Å²) in [6.07, 6.45) is 2.97. The maximum absolute atomic E-state index is 4.62. The van der Waals surface area contributed by atoms with Gasteiger partial charge in [0, 0.05) is 31.7 Å². The topological polar surface area (TPSA) is 65.4 Å². The fraction of sp³-hybridized carbons (Fsp3) is 0.471. The van der Waals surface area contributed by atoms with Crippen LogP contribution in [0.15, 0.2) is 29.4 Å². The third-order valence-corrected chi connectivity index (χ3v) is 4.49. The standard InChI is InChI=1S/C17H26N6S.HI/c1-5-14-11-19-16(24-14)12-21-17(18-6-2)20-10-13-8-7-9-15(22-13)23(3)4;/h7-9,11H,5-6,10,12H2,1-4H3,(H2,18,20,21);1H. The van der Waals surface area contributed by atoms with Crippen molar-refractivity contribution in [3.8, 4) is 0 Å². The lowest BCUT2D eigenvalue weighted by atomic mass is 10.3. The molecule has 2 rings (SSSR count). The number of nitrogens with one attached hydrogen (secondary N) is 2. The molecule has 25 heavy (non-hydrogen) atoms. The molecule has 8 heteroatoms. The lowest BCUT2D eigenvalue weighted by Gasteiger charge is -2.12. The first kappa shape index (κ1) is 21.6. The van der Waals surface area contributed by atoms with Gasteiger partial charge in [-0.2, -0.15) is 0 Å². The van der Waals surface area contributed by atoms with E-state index in [2.05, 4.69) is 39.4 Å². The van der Waals surface area contributed by atoms with Gasteiger partial charge in [-0.15, -0.1) is 35.3 Å². The van der Waals surface area contributed by atoms with E-state index in [-0.39, 0.29) is 24.0 Å². The zero-order valence-corrected chi connectivity index (χ0v) is 18.4. The van der Waals surface area contributed by atoms with Gasteiger partial charge >= 0.3 is 0 Å². The Bertz CT molecular complexity index is 671. The molecule has 0 atom stereocenters. The van der Waals surface area contributed by atoms with E-state index in [1.54, 1.807) is 11.3 Å². The Balaban J connectivity index is 0.00000312. The van der Waals surface area contributed by atoms with Crippen LogP contribution in [-0.2, 0) is 19.5 Å². The van der Waals surface area contributed by atoms with Gasteiger partial charge in [0.2, 0.25) is 0 Å². The van der Waals surface area contributed by atoms with Crippen molar-refractivity contribution in [2.24, 2.45) is 4.99 Å². The normalized spacial score (nSPS) is 11.0. The molecule has 2 heterocycles. The predicted octanol–water partition coefficient (Wildman–Crippen LogP) is 3.04. The van der Waals surface area contributed by atoms with Crippen molar-refractivity contribution < 1.29 is 0 Å². The number of aryl methyl sites for hydroxylation is 1. The molecule has 2 aromatic rings. The molecule has 0 bridgehead atoms. The number of thiazole rings is 1. The van der Waals surface area contributed by atoms with Gasteiger partial charge in [0.05, 0.1) is 18.8 Å². The van der Waals surface area contributed by atoms with E-state index < -0.39 is 0 Å². The molecule has 2 N–H and O–H groups in total. The molecule has 0 fully saturated rings. The second-order valence-electron chi connectivity index (χ2n) is 5.50. The maximum atomic E-state index is 4.62. The molecule has 0 aliphatic rings. The van der Waals surface area contributed by atoms with Crippen molar-refractivity contribution in [3.05, 3.63) is 40.0 Å². The number of guanidine groups is 1. The van der Waals surface area contributed by atoms with Crippen molar-refractivity contribution in [3.63, 3.8) is 0 Å². The van der Waals surface area contributed by atoms with E-state index in [9.17, 15) is 0 Å². The zero-order valence-electron chi connectivity index (χ0n) is 15.2. The van der Waals surface area contributed by atoms with Crippen LogP contribution < -0.4 is 15.5 Å². The largest absolute Gasteiger partial charge is 0.363 e. The van der Waals surface area contributed by atoms with Crippen LogP contribution in [0.3, 0.4) is 0 Å². The van der Waals surface area contributed by atoms with Gasteiger partial charge in [-0.1, -0.05) is 13.0 Å². The van der Waals surface area contributed by atoms with Crippen LogP contribution in [0.4, 0.5) is 5.82 Å². The van der Waals surface area contributed by atoms with E-state index in [1.165, 1.54) is 4.88 Å². The van der Waals surface area contributed by atoms with Crippen LogP contribution in [0, 0.1) is 0 Å². The number of hydrogen-bond acceptors (Lipinski definition) is 5. The van der Waals surface area contributed by atoms with Gasteiger partial charge in [-0.25, -0.2) is 15.0 Å². The van der Waals surface area contributed by atoms with Crippen molar-refractivity contribution in [1.29, 1.82) is 0 Å². The van der Waals surface area contributed by atoms with Crippen molar-refractivity contribution in [2.45, 2.75) is 33.4 Å². The number of halogens is 1. The molecule has 0 saturated carbocycles. The van der Waals surface area contributed by atoms with Gasteiger partial charge < -0.3 is 15.5 Å². The molecule has 0 amide bonds. The van der Waals surface area contributed by atoms with Crippen LogP contribution in [-0.4, -0.2) is 36.6 Å². The second-order valence-corrected chi connectivity index (χ2v) is 6.70. The first-order chi connectivity index (χ1) is 11.6. The van der Waals surface area contributed by atoms with Crippen LogP contribution >= 0.6 is 35.3 Å². The Morgan fingerprint density at radius 1 is 1.24 bits per heavy atom. The summed E-state index contributed by atoms with van der Waals surface area (Å²) < 4.78 is 0. The molecule has 0 aliphatic carbocycles. The average molecular weight is 474 g/mol. The highest BCUT2D eigenvalue weighted by Crippen LogP contribution is 2.13. The minimum absolute atomic E-state index is 0. The molecule has 0 aliphatic heterocycles. The molecule has 0 spiro atoms. The highest BCUT2D eigenvalue weighted by Gasteiger charge is 2.04. The Morgan fingerprint density at radius 3 is 2.68 bits per heavy atom. The number of pyridine rings is 1. The number of rotatable bonds is 7. The van der Waals surface area contributed by atoms with E-state index in [4.69, 9.17) is 0 Å². The molecular weight excluding hydrogens is 447 g/mol. The zero-order chi connectivity index (χ0) is 17.4. The number of aliphatic imine (C=N–C) groups is 1. The monoisotopic (exact) mass is 474 g/mol. The summed E-state index contributed by atoms with van der Waals surface area (Å²) in [5, 5.41) is 7.66. The lowest BCUT2D eigenvalue weighted by Crippen LogP contribution is -2.36. The van der Waals surface area contributed by atoms with Crippen LogP contribution in [0.1, 0.15) is 29.4 Å². The number of nitrogens with zero attached hydrogens (tertiary/aromatic N) is 4. The van der Waals surface area contributed by atoms with Crippen LogP contribution in [0.5, 0.6) is 0 Å². The van der Waals surface area contributed by atoms with Gasteiger partial charge in [0.25, 0.3) is 0 Å². The van der Waals surface area contributed by atoms with E-state index in [0.29, 0.717) is 13.1 Å². The molecule has 6 nitrogen and oxygen atoms in total. The molecule has 0 unspecified atom stereocenters. The van der Waals surface area contributed by atoms with Gasteiger partial charge in [0.15, 0.2) is 5.96 Å². The van der Waals surface area contributed by atoms with Gasteiger partial charge in [0.1, 0.15) is 10.8 Å². The number of anilines is 1. The van der Waals surface area contributed by atoms with E-state index in [0.717, 1.165) is 35.4 Å². The maximum Gasteiger partial charge on any atom is 0.191 e. The first-order valence-corrected chi connectivity index (χ1v) is 9.03. The van der Waals surface area contributed by atoms with Crippen molar-refractivity contribution in [1.82, 2.24) is 20.6 Å². The van der Waals surface area contributed by atoms with Gasteiger partial charge in [-0.05, 0) is 25.5 Å². The summed E-state index contributed by atoms with van der Waals surface area (Å²) in [6.45, 7) is 6.23. The van der Waals surface area contributed by atoms with Crippen molar-refractivity contribution in [2.75, 3.05) is 25.5 Å². The molecule has 0 aromatic carbocycles. The summed E-state index contributed by atoms with van der Waals surface area (Å²) in [7, 11) is 3.97. The quantitative estimate of drug-likeness (QED) is 0.367. The van der Waals surface area contributed by atoms with Crippen molar-refractivity contribution >= 4 is 47.1 Å². The molecular formula is C17H27IN6S. The lowest BCUT2D eigenvalue weighted by molar-refractivity contribution is 0.807. The smallest absolute Gasteiger partial charge is 0.191 e. The molecule has 0 saturated heterocycles. The van der Waals surface area contributed by atoms with Gasteiger partial charge in [-0.3, -0.25) is 0 Å². The SMILES string of the molecule is CCNC(=NCc1cccc(N(C)C)n1)NCc1ncc(CC)s1.I. The summed E-state index contributed by atoms with van der Waals surface area (Å²) >= 11 is 1.74. The minimum Gasteiger partial charge on any atom is -0.363 e. The van der Waals surface area contributed by atoms with Crippen LogP contribution in [0.25, 0.3) is 0 Å². The van der Waals surface area contributed by atoms with E-state index >= 15 is 0 Å².